The van der Waals surface area contributed by atoms with Crippen LogP contribution in [0.4, 0.5) is 0 Å². The summed E-state index contributed by atoms with van der Waals surface area (Å²) in [4.78, 5) is 27.9. The van der Waals surface area contributed by atoms with Crippen molar-refractivity contribution in [2.45, 2.75) is 0 Å². The Morgan fingerprint density at radius 2 is 2.05 bits per heavy atom. The summed E-state index contributed by atoms with van der Waals surface area (Å²) in [6.07, 6.45) is 2.95. The van der Waals surface area contributed by atoms with E-state index in [1.807, 2.05) is 0 Å². The Morgan fingerprint density at radius 3 is 2.68 bits per heavy atom. The SMILES string of the molecule is O=C(OCC(=O)c1ccc(Br)s1)c1cncc(Br)c1. The van der Waals surface area contributed by atoms with Crippen molar-refractivity contribution < 1.29 is 14.3 Å². The zero-order chi connectivity index (χ0) is 13.8. The number of rotatable bonds is 4. The summed E-state index contributed by atoms with van der Waals surface area (Å²) in [5, 5.41) is 0. The monoisotopic (exact) mass is 403 g/mol. The molecular weight excluding hydrogens is 398 g/mol. The van der Waals surface area contributed by atoms with Gasteiger partial charge in [0, 0.05) is 16.9 Å². The van der Waals surface area contributed by atoms with Crippen molar-refractivity contribution in [2.24, 2.45) is 0 Å². The molecule has 98 valence electrons. The molecule has 0 aliphatic rings. The van der Waals surface area contributed by atoms with Crippen LogP contribution in [0.2, 0.25) is 0 Å². The van der Waals surface area contributed by atoms with Crippen molar-refractivity contribution in [3.05, 3.63) is 49.3 Å². The van der Waals surface area contributed by atoms with E-state index in [0.29, 0.717) is 14.9 Å². The second-order valence-electron chi connectivity index (χ2n) is 3.49. The molecule has 19 heavy (non-hydrogen) atoms. The van der Waals surface area contributed by atoms with E-state index in [1.54, 1.807) is 24.4 Å². The van der Waals surface area contributed by atoms with Crippen LogP contribution < -0.4 is 0 Å². The molecule has 0 unspecified atom stereocenters. The van der Waals surface area contributed by atoms with E-state index < -0.39 is 5.97 Å². The molecule has 4 nitrogen and oxygen atoms in total. The predicted octanol–water partition coefficient (Wildman–Crippen LogP) is 3.71. The smallest absolute Gasteiger partial charge is 0.340 e. The number of ether oxygens (including phenoxy) is 1. The third-order valence-electron chi connectivity index (χ3n) is 2.12. The molecule has 0 aliphatic heterocycles. The summed E-state index contributed by atoms with van der Waals surface area (Å²) in [6.45, 7) is -0.279. The molecule has 0 saturated heterocycles. The molecule has 0 fully saturated rings. The van der Waals surface area contributed by atoms with Crippen LogP contribution in [0, 0.1) is 0 Å². The zero-order valence-corrected chi connectivity index (χ0v) is 13.4. The predicted molar refractivity (Wildman–Crippen MR) is 78.6 cm³/mol. The average molecular weight is 405 g/mol. The van der Waals surface area contributed by atoms with Crippen LogP contribution in [0.1, 0.15) is 20.0 Å². The molecule has 7 heteroatoms. The molecule has 0 radical (unpaired) electrons. The topological polar surface area (TPSA) is 56.3 Å². The van der Waals surface area contributed by atoms with Crippen molar-refractivity contribution in [1.82, 2.24) is 4.98 Å². The van der Waals surface area contributed by atoms with Crippen LogP contribution in [-0.4, -0.2) is 23.3 Å². The molecule has 0 saturated carbocycles. The standard InChI is InChI=1S/C12H7Br2NO3S/c13-8-3-7(4-15-5-8)12(17)18-6-9(16)10-1-2-11(14)19-10/h1-5H,6H2. The average Bonchev–Trinajstić information content (AvgIpc) is 2.82. The van der Waals surface area contributed by atoms with Gasteiger partial charge in [-0.1, -0.05) is 0 Å². The number of carbonyl (C=O) groups is 2. The highest BCUT2D eigenvalue weighted by Gasteiger charge is 2.13. The molecule has 0 aromatic carbocycles. The van der Waals surface area contributed by atoms with Gasteiger partial charge in [0.1, 0.15) is 0 Å². The van der Waals surface area contributed by atoms with Gasteiger partial charge in [-0.15, -0.1) is 11.3 Å². The Hall–Kier alpha value is -1.05. The van der Waals surface area contributed by atoms with E-state index in [2.05, 4.69) is 36.8 Å². The minimum absolute atomic E-state index is 0.230. The minimum atomic E-state index is -0.572. The van der Waals surface area contributed by atoms with Crippen LogP contribution in [0.15, 0.2) is 38.9 Å². The minimum Gasteiger partial charge on any atom is -0.454 e. The number of Topliss-reactive ketones (excluding diaryl/α,β-unsaturated/α-hetero) is 1. The third kappa shape index (κ3) is 3.95. The lowest BCUT2D eigenvalue weighted by Gasteiger charge is -2.03. The van der Waals surface area contributed by atoms with E-state index >= 15 is 0 Å². The second-order valence-corrected chi connectivity index (χ2v) is 6.87. The van der Waals surface area contributed by atoms with Crippen LogP contribution in [0.5, 0.6) is 0 Å². The summed E-state index contributed by atoms with van der Waals surface area (Å²) in [7, 11) is 0. The first kappa shape index (κ1) is 14.4. The number of aromatic nitrogens is 1. The number of hydrogen-bond acceptors (Lipinski definition) is 5. The summed E-state index contributed by atoms with van der Waals surface area (Å²) in [5.74, 6) is -0.801. The maximum atomic E-state index is 11.7. The van der Waals surface area contributed by atoms with E-state index in [-0.39, 0.29) is 12.4 Å². The fraction of sp³-hybridized carbons (Fsp3) is 0.0833. The molecule has 2 rings (SSSR count). The molecular formula is C12H7Br2NO3S. The highest BCUT2D eigenvalue weighted by molar-refractivity contribution is 9.11. The Bertz CT molecular complexity index is 627. The van der Waals surface area contributed by atoms with Crippen LogP contribution in [0.3, 0.4) is 0 Å². The van der Waals surface area contributed by atoms with Gasteiger partial charge in [-0.05, 0) is 50.1 Å². The fourth-order valence-electron chi connectivity index (χ4n) is 1.27. The van der Waals surface area contributed by atoms with Crippen molar-refractivity contribution in [3.63, 3.8) is 0 Å². The van der Waals surface area contributed by atoms with Gasteiger partial charge >= 0.3 is 5.97 Å². The molecule has 2 heterocycles. The van der Waals surface area contributed by atoms with Gasteiger partial charge in [0.05, 0.1) is 14.2 Å². The Morgan fingerprint density at radius 1 is 1.26 bits per heavy atom. The second kappa shape index (κ2) is 6.40. The maximum Gasteiger partial charge on any atom is 0.340 e. The first-order valence-corrected chi connectivity index (χ1v) is 7.53. The number of carbonyl (C=O) groups excluding carboxylic acids is 2. The number of hydrogen-bond donors (Lipinski definition) is 0. The summed E-state index contributed by atoms with van der Waals surface area (Å²) in [5.41, 5.74) is 0.300. The molecule has 0 bridgehead atoms. The van der Waals surface area contributed by atoms with Gasteiger partial charge in [-0.3, -0.25) is 9.78 Å². The highest BCUT2D eigenvalue weighted by atomic mass is 79.9. The Labute approximate surface area is 130 Å². The number of thiophene rings is 1. The molecule has 0 aliphatic carbocycles. The van der Waals surface area contributed by atoms with E-state index in [9.17, 15) is 9.59 Å². The maximum absolute atomic E-state index is 11.7. The zero-order valence-electron chi connectivity index (χ0n) is 9.43. The quantitative estimate of drug-likeness (QED) is 0.575. The van der Waals surface area contributed by atoms with Gasteiger partial charge in [0.25, 0.3) is 0 Å². The molecule has 0 N–H and O–H groups in total. The van der Waals surface area contributed by atoms with Gasteiger partial charge in [0.2, 0.25) is 5.78 Å². The van der Waals surface area contributed by atoms with E-state index in [0.717, 1.165) is 3.79 Å². The largest absolute Gasteiger partial charge is 0.454 e. The van der Waals surface area contributed by atoms with Crippen molar-refractivity contribution in [1.29, 1.82) is 0 Å². The number of nitrogens with zero attached hydrogens (tertiary/aromatic N) is 1. The Balaban J connectivity index is 1.95. The highest BCUT2D eigenvalue weighted by Crippen LogP contribution is 2.22. The molecule has 0 atom stereocenters. The lowest BCUT2D eigenvalue weighted by atomic mass is 10.3. The van der Waals surface area contributed by atoms with Gasteiger partial charge in [0.15, 0.2) is 6.61 Å². The fourth-order valence-corrected chi connectivity index (χ4v) is 2.95. The summed E-state index contributed by atoms with van der Waals surface area (Å²) < 4.78 is 6.49. The van der Waals surface area contributed by atoms with E-state index in [1.165, 1.54) is 17.5 Å². The third-order valence-corrected chi connectivity index (χ3v) is 4.22. The number of esters is 1. The van der Waals surface area contributed by atoms with Gasteiger partial charge < -0.3 is 4.74 Å². The van der Waals surface area contributed by atoms with Crippen molar-refractivity contribution in [3.8, 4) is 0 Å². The molecule has 0 amide bonds. The normalized spacial score (nSPS) is 10.2. The summed E-state index contributed by atoms with van der Waals surface area (Å²) >= 11 is 7.78. The van der Waals surface area contributed by atoms with Crippen LogP contribution in [0.25, 0.3) is 0 Å². The van der Waals surface area contributed by atoms with Crippen LogP contribution in [-0.2, 0) is 4.74 Å². The van der Waals surface area contributed by atoms with Crippen LogP contribution >= 0.6 is 43.2 Å². The Kier molecular flexibility index (Phi) is 4.84. The number of ketones is 1. The first-order chi connectivity index (χ1) is 9.06. The number of pyridine rings is 1. The van der Waals surface area contributed by atoms with E-state index in [4.69, 9.17) is 4.74 Å². The summed E-state index contributed by atoms with van der Waals surface area (Å²) in [6, 6.07) is 5.05. The van der Waals surface area contributed by atoms with Crippen molar-refractivity contribution in [2.75, 3.05) is 6.61 Å². The first-order valence-electron chi connectivity index (χ1n) is 5.12. The number of halogens is 2. The molecule has 0 spiro atoms. The molecule has 2 aromatic rings. The van der Waals surface area contributed by atoms with Gasteiger partial charge in [-0.2, -0.15) is 0 Å². The van der Waals surface area contributed by atoms with Crippen molar-refractivity contribution >= 4 is 54.9 Å². The van der Waals surface area contributed by atoms with Gasteiger partial charge in [-0.25, -0.2) is 4.79 Å². The molecule has 2 aromatic heterocycles. The lowest BCUT2D eigenvalue weighted by molar-refractivity contribution is 0.0475. The lowest BCUT2D eigenvalue weighted by Crippen LogP contribution is -2.13.